The van der Waals surface area contributed by atoms with Gasteiger partial charge in [0.1, 0.15) is 4.90 Å². The molecule has 0 aliphatic heterocycles. The summed E-state index contributed by atoms with van der Waals surface area (Å²) < 4.78 is 22.0. The van der Waals surface area contributed by atoms with Gasteiger partial charge in [-0.1, -0.05) is 11.6 Å². The van der Waals surface area contributed by atoms with Gasteiger partial charge in [0, 0.05) is 11.6 Å². The van der Waals surface area contributed by atoms with Gasteiger partial charge in [-0.3, -0.25) is 10.1 Å². The zero-order valence-corrected chi connectivity index (χ0v) is 9.17. The van der Waals surface area contributed by atoms with Crippen LogP contribution in [-0.2, 0) is 10.0 Å². The van der Waals surface area contributed by atoms with Crippen LogP contribution in [0, 0.1) is 17.0 Å². The summed E-state index contributed by atoms with van der Waals surface area (Å²) in [6.45, 7) is 1.36. The second-order valence-electron chi connectivity index (χ2n) is 2.82. The molecule has 8 heteroatoms. The molecular formula is C7H7ClN2O4S. The van der Waals surface area contributed by atoms with E-state index in [1.807, 2.05) is 0 Å². The Morgan fingerprint density at radius 2 is 2.00 bits per heavy atom. The maximum atomic E-state index is 11.0. The van der Waals surface area contributed by atoms with Crippen LogP contribution in [0.4, 0.5) is 5.69 Å². The van der Waals surface area contributed by atoms with E-state index < -0.39 is 14.9 Å². The predicted molar refractivity (Wildman–Crippen MR) is 54.2 cm³/mol. The molecule has 0 saturated heterocycles. The molecule has 1 rings (SSSR count). The molecule has 0 spiro atoms. The molecule has 6 nitrogen and oxygen atoms in total. The minimum Gasteiger partial charge on any atom is -0.258 e. The van der Waals surface area contributed by atoms with Crippen molar-refractivity contribution in [3.8, 4) is 0 Å². The van der Waals surface area contributed by atoms with Gasteiger partial charge in [0.25, 0.3) is 5.69 Å². The van der Waals surface area contributed by atoms with Crippen LogP contribution in [0.5, 0.6) is 0 Å². The highest BCUT2D eigenvalue weighted by molar-refractivity contribution is 7.89. The van der Waals surface area contributed by atoms with Gasteiger partial charge in [0.15, 0.2) is 0 Å². The first kappa shape index (κ1) is 11.9. The number of rotatable bonds is 2. The van der Waals surface area contributed by atoms with Gasteiger partial charge in [-0.25, -0.2) is 13.6 Å². The van der Waals surface area contributed by atoms with E-state index in [0.717, 1.165) is 12.1 Å². The molecule has 15 heavy (non-hydrogen) atoms. The van der Waals surface area contributed by atoms with E-state index in [-0.39, 0.29) is 21.2 Å². The largest absolute Gasteiger partial charge is 0.273 e. The summed E-state index contributed by atoms with van der Waals surface area (Å²) in [5.41, 5.74) is -0.166. The summed E-state index contributed by atoms with van der Waals surface area (Å²) in [6.07, 6.45) is 0. The molecule has 0 amide bonds. The van der Waals surface area contributed by atoms with Crippen molar-refractivity contribution >= 4 is 27.3 Å². The van der Waals surface area contributed by atoms with E-state index in [9.17, 15) is 18.5 Å². The van der Waals surface area contributed by atoms with E-state index in [1.165, 1.54) is 6.92 Å². The van der Waals surface area contributed by atoms with E-state index in [4.69, 9.17) is 16.7 Å². The van der Waals surface area contributed by atoms with E-state index in [2.05, 4.69) is 0 Å². The van der Waals surface area contributed by atoms with E-state index >= 15 is 0 Å². The SMILES string of the molecule is Cc1c([N+](=O)[O-])ccc(S(N)(=O)=O)c1Cl. The quantitative estimate of drug-likeness (QED) is 0.629. The minimum atomic E-state index is -3.95. The van der Waals surface area contributed by atoms with Crippen LogP contribution in [0.25, 0.3) is 0 Å². The number of nitrogens with zero attached hydrogens (tertiary/aromatic N) is 1. The van der Waals surface area contributed by atoms with Crippen LogP contribution in [0.15, 0.2) is 17.0 Å². The lowest BCUT2D eigenvalue weighted by Crippen LogP contribution is -2.13. The molecule has 0 aromatic heterocycles. The molecule has 0 atom stereocenters. The monoisotopic (exact) mass is 250 g/mol. The van der Waals surface area contributed by atoms with Crippen LogP contribution >= 0.6 is 11.6 Å². The van der Waals surface area contributed by atoms with Crippen molar-refractivity contribution < 1.29 is 13.3 Å². The van der Waals surface area contributed by atoms with Crippen molar-refractivity contribution in [3.05, 3.63) is 32.8 Å². The minimum absolute atomic E-state index is 0.0770. The molecule has 1 aromatic rings. The maximum Gasteiger partial charge on any atom is 0.273 e. The molecule has 0 radical (unpaired) electrons. The second-order valence-corrected chi connectivity index (χ2v) is 4.73. The molecule has 0 saturated carbocycles. The Labute approximate surface area is 90.9 Å². The van der Waals surface area contributed by atoms with Crippen LogP contribution in [0.2, 0.25) is 5.02 Å². The third kappa shape index (κ3) is 2.25. The highest BCUT2D eigenvalue weighted by Gasteiger charge is 2.21. The first-order valence-corrected chi connectivity index (χ1v) is 5.64. The average Bonchev–Trinajstić information content (AvgIpc) is 2.06. The first-order valence-electron chi connectivity index (χ1n) is 3.71. The summed E-state index contributed by atoms with van der Waals surface area (Å²) in [5.74, 6) is 0. The van der Waals surface area contributed by atoms with Gasteiger partial charge in [-0.15, -0.1) is 0 Å². The Balaban J connectivity index is 3.55. The van der Waals surface area contributed by atoms with Gasteiger partial charge < -0.3 is 0 Å². The number of sulfonamides is 1. The molecule has 2 N–H and O–H groups in total. The van der Waals surface area contributed by atoms with Gasteiger partial charge in [-0.05, 0) is 13.0 Å². The Hall–Kier alpha value is -1.18. The third-order valence-corrected chi connectivity index (χ3v) is 3.38. The van der Waals surface area contributed by atoms with E-state index in [1.54, 1.807) is 0 Å². The highest BCUT2D eigenvalue weighted by Crippen LogP contribution is 2.30. The van der Waals surface area contributed by atoms with Crippen LogP contribution in [0.3, 0.4) is 0 Å². The Kier molecular flexibility index (Phi) is 2.98. The normalized spacial score (nSPS) is 11.4. The van der Waals surface area contributed by atoms with Gasteiger partial charge in [-0.2, -0.15) is 0 Å². The molecule has 0 heterocycles. The van der Waals surface area contributed by atoms with Crippen molar-refractivity contribution in [1.82, 2.24) is 0 Å². The number of nitro groups is 1. The lowest BCUT2D eigenvalue weighted by molar-refractivity contribution is -0.385. The fraction of sp³-hybridized carbons (Fsp3) is 0.143. The topological polar surface area (TPSA) is 103 Å². The Morgan fingerprint density at radius 3 is 2.40 bits per heavy atom. The van der Waals surface area contributed by atoms with Crippen LogP contribution in [-0.4, -0.2) is 13.3 Å². The lowest BCUT2D eigenvalue weighted by atomic mass is 10.2. The summed E-state index contributed by atoms with van der Waals surface area (Å²) >= 11 is 5.66. The highest BCUT2D eigenvalue weighted by atomic mass is 35.5. The number of nitro benzene ring substituents is 1. The fourth-order valence-electron chi connectivity index (χ4n) is 1.07. The number of hydrogen-bond donors (Lipinski definition) is 1. The summed E-state index contributed by atoms with van der Waals surface area (Å²) in [6, 6.07) is 2.07. The standard InChI is InChI=1S/C7H7ClN2O4S/c1-4-5(10(11)12)2-3-6(7(4)8)15(9,13)14/h2-3H,1H3,(H2,9,13,14). The number of benzene rings is 1. The number of hydrogen-bond acceptors (Lipinski definition) is 4. The zero-order chi connectivity index (χ0) is 11.8. The van der Waals surface area contributed by atoms with Crippen molar-refractivity contribution in [2.24, 2.45) is 5.14 Å². The van der Waals surface area contributed by atoms with Crippen LogP contribution in [0.1, 0.15) is 5.56 Å². The zero-order valence-electron chi connectivity index (χ0n) is 7.60. The van der Waals surface area contributed by atoms with Crippen LogP contribution < -0.4 is 5.14 Å². The molecule has 0 fully saturated rings. The molecule has 0 bridgehead atoms. The fourth-order valence-corrected chi connectivity index (χ4v) is 2.21. The summed E-state index contributed by atoms with van der Waals surface area (Å²) in [4.78, 5) is 9.54. The molecule has 1 aromatic carbocycles. The summed E-state index contributed by atoms with van der Waals surface area (Å²) in [7, 11) is -3.95. The smallest absolute Gasteiger partial charge is 0.258 e. The third-order valence-electron chi connectivity index (χ3n) is 1.83. The molecule has 0 aliphatic carbocycles. The number of primary sulfonamides is 1. The van der Waals surface area contributed by atoms with Gasteiger partial charge in [0.05, 0.1) is 9.95 Å². The summed E-state index contributed by atoms with van der Waals surface area (Å²) in [5, 5.41) is 15.2. The second kappa shape index (κ2) is 3.76. The molecule has 0 unspecified atom stereocenters. The average molecular weight is 251 g/mol. The molecule has 0 aliphatic rings. The first-order chi connectivity index (χ1) is 6.75. The maximum absolute atomic E-state index is 11.0. The Bertz CT molecular complexity index is 526. The van der Waals surface area contributed by atoms with Crippen molar-refractivity contribution in [3.63, 3.8) is 0 Å². The van der Waals surface area contributed by atoms with Crippen molar-refractivity contribution in [1.29, 1.82) is 0 Å². The molecular weight excluding hydrogens is 244 g/mol. The number of nitrogens with two attached hydrogens (primary N) is 1. The lowest BCUT2D eigenvalue weighted by Gasteiger charge is -2.04. The van der Waals surface area contributed by atoms with Gasteiger partial charge in [0.2, 0.25) is 10.0 Å². The predicted octanol–water partition coefficient (Wildman–Crippen LogP) is 1.20. The number of halogens is 1. The van der Waals surface area contributed by atoms with E-state index in [0.29, 0.717) is 0 Å². The van der Waals surface area contributed by atoms with Crippen molar-refractivity contribution in [2.75, 3.05) is 0 Å². The Morgan fingerprint density at radius 1 is 1.47 bits per heavy atom. The van der Waals surface area contributed by atoms with Gasteiger partial charge >= 0.3 is 0 Å². The molecule has 82 valence electrons. The van der Waals surface area contributed by atoms with Crippen molar-refractivity contribution in [2.45, 2.75) is 11.8 Å².